The molecule has 2 aliphatic heterocycles. The fourth-order valence-electron chi connectivity index (χ4n) is 2.69. The monoisotopic (exact) mass is 239 g/mol. The number of hydrogen-bond acceptors (Lipinski definition) is 3. The van der Waals surface area contributed by atoms with E-state index < -0.39 is 5.54 Å². The van der Waals surface area contributed by atoms with Crippen molar-refractivity contribution in [1.29, 1.82) is 0 Å². The van der Waals surface area contributed by atoms with Crippen molar-refractivity contribution in [2.75, 3.05) is 19.8 Å². The van der Waals surface area contributed by atoms with Gasteiger partial charge in [-0.25, -0.2) is 0 Å². The van der Waals surface area contributed by atoms with Gasteiger partial charge in [0.25, 0.3) is 0 Å². The molecule has 2 fully saturated rings. The van der Waals surface area contributed by atoms with Gasteiger partial charge in [0.05, 0.1) is 5.54 Å². The average Bonchev–Trinajstić information content (AvgIpc) is 2.55. The highest BCUT2D eigenvalue weighted by atomic mass is 16.5. The number of hydrogen-bond donors (Lipinski definition) is 0. The van der Waals surface area contributed by atoms with E-state index in [-0.39, 0.29) is 11.7 Å². The van der Waals surface area contributed by atoms with Crippen molar-refractivity contribution in [3.05, 3.63) is 0 Å². The third-order valence-electron chi connectivity index (χ3n) is 4.02. The predicted molar refractivity (Wildman–Crippen MR) is 63.6 cm³/mol. The van der Waals surface area contributed by atoms with Crippen LogP contribution in [0.25, 0.3) is 0 Å². The summed E-state index contributed by atoms with van der Waals surface area (Å²) >= 11 is 0. The van der Waals surface area contributed by atoms with Crippen LogP contribution in [-0.4, -0.2) is 41.9 Å². The molecular weight excluding hydrogens is 218 g/mol. The second kappa shape index (κ2) is 4.77. The molecular formula is C13H21NO3. The van der Waals surface area contributed by atoms with Crippen LogP contribution in [0.15, 0.2) is 0 Å². The molecule has 2 rings (SSSR count). The van der Waals surface area contributed by atoms with Crippen LogP contribution in [0.1, 0.15) is 39.5 Å². The first-order valence-corrected chi connectivity index (χ1v) is 6.43. The second-order valence-corrected chi connectivity index (χ2v) is 5.54. The molecule has 96 valence electrons. The Morgan fingerprint density at radius 3 is 2.59 bits per heavy atom. The molecule has 0 radical (unpaired) electrons. The molecule has 0 aliphatic carbocycles. The Balaban J connectivity index is 1.93. The maximum absolute atomic E-state index is 12.2. The van der Waals surface area contributed by atoms with Crippen molar-refractivity contribution >= 4 is 11.7 Å². The lowest BCUT2D eigenvalue weighted by atomic mass is 9.94. The number of ketones is 1. The van der Waals surface area contributed by atoms with Crippen molar-refractivity contribution in [3.8, 4) is 0 Å². The van der Waals surface area contributed by atoms with E-state index in [1.165, 1.54) is 0 Å². The molecule has 0 N–H and O–H groups in total. The zero-order valence-electron chi connectivity index (χ0n) is 10.7. The zero-order valence-corrected chi connectivity index (χ0v) is 10.7. The summed E-state index contributed by atoms with van der Waals surface area (Å²) in [5.74, 6) is 0.744. The highest BCUT2D eigenvalue weighted by Gasteiger charge is 2.42. The summed E-state index contributed by atoms with van der Waals surface area (Å²) in [6.07, 6.45) is 3.01. The molecule has 2 heterocycles. The lowest BCUT2D eigenvalue weighted by molar-refractivity contribution is -0.140. The summed E-state index contributed by atoms with van der Waals surface area (Å²) in [5.41, 5.74) is -0.595. The van der Waals surface area contributed by atoms with Gasteiger partial charge in [-0.2, -0.15) is 0 Å². The lowest BCUT2D eigenvalue weighted by Gasteiger charge is -2.32. The zero-order chi connectivity index (χ0) is 12.5. The van der Waals surface area contributed by atoms with Gasteiger partial charge in [-0.15, -0.1) is 0 Å². The first-order valence-electron chi connectivity index (χ1n) is 6.43. The SMILES string of the molecule is CC1(C)C(=O)CCN1C(=O)CC1CCOCC1. The summed E-state index contributed by atoms with van der Waals surface area (Å²) < 4.78 is 5.29. The fourth-order valence-corrected chi connectivity index (χ4v) is 2.69. The van der Waals surface area contributed by atoms with Gasteiger partial charge in [-0.05, 0) is 32.6 Å². The first-order chi connectivity index (χ1) is 8.01. The van der Waals surface area contributed by atoms with E-state index in [9.17, 15) is 9.59 Å². The maximum Gasteiger partial charge on any atom is 0.223 e. The minimum atomic E-state index is -0.595. The van der Waals surface area contributed by atoms with Crippen LogP contribution in [0.4, 0.5) is 0 Å². The standard InChI is InChI=1S/C13H21NO3/c1-13(2)11(15)3-6-14(13)12(16)9-10-4-7-17-8-5-10/h10H,3-9H2,1-2H3. The molecule has 4 nitrogen and oxygen atoms in total. The fraction of sp³-hybridized carbons (Fsp3) is 0.846. The quantitative estimate of drug-likeness (QED) is 0.731. The first kappa shape index (κ1) is 12.6. The molecule has 1 amide bonds. The Morgan fingerprint density at radius 1 is 1.41 bits per heavy atom. The number of carbonyl (C=O) groups excluding carboxylic acids is 2. The third-order valence-corrected chi connectivity index (χ3v) is 4.02. The molecule has 2 aliphatic rings. The molecule has 0 aromatic rings. The molecule has 0 aromatic carbocycles. The maximum atomic E-state index is 12.2. The summed E-state index contributed by atoms with van der Waals surface area (Å²) in [6, 6.07) is 0. The molecule has 17 heavy (non-hydrogen) atoms. The number of likely N-dealkylation sites (tertiary alicyclic amines) is 1. The molecule has 0 atom stereocenters. The number of rotatable bonds is 2. The van der Waals surface area contributed by atoms with Crippen molar-refractivity contribution in [3.63, 3.8) is 0 Å². The molecule has 0 aromatic heterocycles. The van der Waals surface area contributed by atoms with Crippen LogP contribution < -0.4 is 0 Å². The summed E-state index contributed by atoms with van der Waals surface area (Å²) in [7, 11) is 0. The summed E-state index contributed by atoms with van der Waals surface area (Å²) in [5, 5.41) is 0. The number of carbonyl (C=O) groups is 2. The van der Waals surface area contributed by atoms with E-state index in [1.807, 2.05) is 13.8 Å². The number of Topliss-reactive ketones (excluding diaryl/α,β-unsaturated/α-hetero) is 1. The van der Waals surface area contributed by atoms with Crippen LogP contribution in [-0.2, 0) is 14.3 Å². The van der Waals surface area contributed by atoms with Gasteiger partial charge >= 0.3 is 0 Å². The lowest BCUT2D eigenvalue weighted by Crippen LogP contribution is -2.47. The Hall–Kier alpha value is -0.900. The van der Waals surface area contributed by atoms with E-state index in [0.717, 1.165) is 26.1 Å². The van der Waals surface area contributed by atoms with Crippen molar-refractivity contribution in [2.45, 2.75) is 45.1 Å². The van der Waals surface area contributed by atoms with Crippen LogP contribution in [0.5, 0.6) is 0 Å². The number of ether oxygens (including phenoxy) is 1. The van der Waals surface area contributed by atoms with Crippen LogP contribution >= 0.6 is 0 Å². The van der Waals surface area contributed by atoms with E-state index in [1.54, 1.807) is 4.90 Å². The Morgan fingerprint density at radius 2 is 2.06 bits per heavy atom. The minimum absolute atomic E-state index is 0.132. The highest BCUT2D eigenvalue weighted by molar-refractivity contribution is 5.95. The highest BCUT2D eigenvalue weighted by Crippen LogP contribution is 2.28. The third kappa shape index (κ3) is 2.51. The van der Waals surface area contributed by atoms with Gasteiger partial charge in [0.15, 0.2) is 5.78 Å². The molecule has 0 spiro atoms. The Bertz CT molecular complexity index is 319. The average molecular weight is 239 g/mol. The topological polar surface area (TPSA) is 46.6 Å². The van der Waals surface area contributed by atoms with E-state index in [4.69, 9.17) is 4.74 Å². The van der Waals surface area contributed by atoms with Gasteiger partial charge in [0.1, 0.15) is 0 Å². The van der Waals surface area contributed by atoms with Crippen LogP contribution in [0, 0.1) is 5.92 Å². The van der Waals surface area contributed by atoms with Gasteiger partial charge in [-0.1, -0.05) is 0 Å². The summed E-state index contributed by atoms with van der Waals surface area (Å²) in [4.78, 5) is 25.7. The molecule has 0 unspecified atom stereocenters. The van der Waals surface area contributed by atoms with E-state index in [0.29, 0.717) is 25.3 Å². The smallest absolute Gasteiger partial charge is 0.223 e. The number of amides is 1. The van der Waals surface area contributed by atoms with Crippen molar-refractivity contribution in [2.24, 2.45) is 5.92 Å². The predicted octanol–water partition coefficient (Wildman–Crippen LogP) is 1.38. The van der Waals surface area contributed by atoms with E-state index in [2.05, 4.69) is 0 Å². The molecule has 0 bridgehead atoms. The second-order valence-electron chi connectivity index (χ2n) is 5.54. The Kier molecular flexibility index (Phi) is 3.52. The van der Waals surface area contributed by atoms with Gasteiger partial charge in [-0.3, -0.25) is 9.59 Å². The van der Waals surface area contributed by atoms with Gasteiger partial charge < -0.3 is 9.64 Å². The van der Waals surface area contributed by atoms with Crippen LogP contribution in [0.3, 0.4) is 0 Å². The van der Waals surface area contributed by atoms with Crippen LogP contribution in [0.2, 0.25) is 0 Å². The van der Waals surface area contributed by atoms with E-state index >= 15 is 0 Å². The minimum Gasteiger partial charge on any atom is -0.381 e. The van der Waals surface area contributed by atoms with Gasteiger partial charge in [0.2, 0.25) is 5.91 Å². The van der Waals surface area contributed by atoms with Gasteiger partial charge in [0, 0.05) is 32.6 Å². The molecule has 4 heteroatoms. The van der Waals surface area contributed by atoms with Crippen molar-refractivity contribution < 1.29 is 14.3 Å². The van der Waals surface area contributed by atoms with Crippen molar-refractivity contribution in [1.82, 2.24) is 4.90 Å². The Labute approximate surface area is 102 Å². The molecule has 0 saturated carbocycles. The summed E-state index contributed by atoms with van der Waals surface area (Å²) in [6.45, 7) is 5.82. The largest absolute Gasteiger partial charge is 0.381 e. The molecule has 2 saturated heterocycles. The normalized spacial score (nSPS) is 25.3. The number of nitrogens with zero attached hydrogens (tertiary/aromatic N) is 1.